The maximum absolute atomic E-state index is 13.6. The molecule has 1 amide bonds. The van der Waals surface area contributed by atoms with Crippen LogP contribution in [0.1, 0.15) is 13.8 Å². The topological polar surface area (TPSA) is 88.2 Å². The monoisotopic (exact) mass is 311 g/mol. The van der Waals surface area contributed by atoms with Crippen molar-refractivity contribution in [3.63, 3.8) is 0 Å². The van der Waals surface area contributed by atoms with E-state index in [1.54, 1.807) is 13.8 Å². The van der Waals surface area contributed by atoms with Gasteiger partial charge in [-0.25, -0.2) is 12.8 Å². The number of benzene rings is 1. The van der Waals surface area contributed by atoms with Gasteiger partial charge in [0, 0.05) is 17.5 Å². The van der Waals surface area contributed by atoms with Gasteiger partial charge in [-0.3, -0.25) is 15.2 Å². The SMILES string of the molecule is CC(C)C(=O)NNS(=O)(=O)c1ccc(F)c2ncccc12. The summed E-state index contributed by atoms with van der Waals surface area (Å²) >= 11 is 0. The molecule has 0 atom stereocenters. The second-order valence-electron chi connectivity index (χ2n) is 4.69. The standard InChI is InChI=1S/C13H14FN3O3S/c1-8(2)13(18)16-17-21(19,20)11-6-5-10(14)12-9(11)4-3-7-15-12/h3-8,17H,1-2H3,(H,16,18). The molecule has 0 radical (unpaired) electrons. The van der Waals surface area contributed by atoms with E-state index in [0.29, 0.717) is 0 Å². The highest BCUT2D eigenvalue weighted by atomic mass is 32.2. The third kappa shape index (κ3) is 3.17. The van der Waals surface area contributed by atoms with E-state index in [9.17, 15) is 17.6 Å². The summed E-state index contributed by atoms with van der Waals surface area (Å²) < 4.78 is 38.0. The summed E-state index contributed by atoms with van der Waals surface area (Å²) in [5.74, 6) is -1.46. The van der Waals surface area contributed by atoms with Crippen molar-refractivity contribution in [3.8, 4) is 0 Å². The molecule has 8 heteroatoms. The molecule has 0 spiro atoms. The minimum atomic E-state index is -4.02. The van der Waals surface area contributed by atoms with Gasteiger partial charge in [0.2, 0.25) is 5.91 Å². The van der Waals surface area contributed by atoms with Gasteiger partial charge in [-0.05, 0) is 24.3 Å². The lowest BCUT2D eigenvalue weighted by atomic mass is 10.2. The van der Waals surface area contributed by atoms with Gasteiger partial charge in [0.05, 0.1) is 4.90 Å². The van der Waals surface area contributed by atoms with Crippen LogP contribution in [-0.2, 0) is 14.8 Å². The Bertz CT molecular complexity index is 790. The van der Waals surface area contributed by atoms with Crippen LogP contribution in [0.25, 0.3) is 10.9 Å². The molecule has 0 aliphatic carbocycles. The van der Waals surface area contributed by atoms with Gasteiger partial charge in [-0.15, -0.1) is 4.83 Å². The molecule has 1 aromatic heterocycles. The largest absolute Gasteiger partial charge is 0.277 e. The molecule has 2 N–H and O–H groups in total. The van der Waals surface area contributed by atoms with Crippen LogP contribution >= 0.6 is 0 Å². The van der Waals surface area contributed by atoms with Crippen LogP contribution in [0.5, 0.6) is 0 Å². The average Bonchev–Trinajstić information content (AvgIpc) is 2.45. The van der Waals surface area contributed by atoms with Gasteiger partial charge in [0.15, 0.2) is 0 Å². The number of rotatable bonds is 4. The number of amides is 1. The molecule has 21 heavy (non-hydrogen) atoms. The first-order chi connectivity index (χ1) is 9.83. The van der Waals surface area contributed by atoms with Crippen LogP contribution in [0.3, 0.4) is 0 Å². The number of halogens is 1. The fourth-order valence-corrected chi connectivity index (χ4v) is 2.71. The van der Waals surface area contributed by atoms with Crippen molar-refractivity contribution in [2.75, 3.05) is 0 Å². The Hall–Kier alpha value is -2.06. The maximum Gasteiger partial charge on any atom is 0.258 e. The summed E-state index contributed by atoms with van der Waals surface area (Å²) in [6, 6.07) is 5.11. The number of carbonyl (C=O) groups excluding carboxylic acids is 1. The van der Waals surface area contributed by atoms with Gasteiger partial charge in [0.1, 0.15) is 11.3 Å². The van der Waals surface area contributed by atoms with Crippen LogP contribution in [0.4, 0.5) is 4.39 Å². The number of aromatic nitrogens is 1. The lowest BCUT2D eigenvalue weighted by Crippen LogP contribution is -2.43. The highest BCUT2D eigenvalue weighted by Crippen LogP contribution is 2.23. The summed E-state index contributed by atoms with van der Waals surface area (Å²) in [5.41, 5.74) is 2.06. The number of pyridine rings is 1. The zero-order valence-corrected chi connectivity index (χ0v) is 12.2. The normalized spacial score (nSPS) is 11.8. The first-order valence-electron chi connectivity index (χ1n) is 6.18. The number of hydrogen-bond donors (Lipinski definition) is 2. The Morgan fingerprint density at radius 2 is 2.00 bits per heavy atom. The number of nitrogens with one attached hydrogen (secondary N) is 2. The molecule has 0 saturated carbocycles. The molecule has 2 aromatic rings. The number of nitrogens with zero attached hydrogens (tertiary/aromatic N) is 1. The van der Waals surface area contributed by atoms with Crippen LogP contribution in [-0.4, -0.2) is 19.3 Å². The Balaban J connectivity index is 2.42. The van der Waals surface area contributed by atoms with Crippen LogP contribution in [0.2, 0.25) is 0 Å². The lowest BCUT2D eigenvalue weighted by Gasteiger charge is -2.11. The summed E-state index contributed by atoms with van der Waals surface area (Å²) in [5, 5.41) is 0.142. The van der Waals surface area contributed by atoms with E-state index < -0.39 is 21.7 Å². The molecule has 0 fully saturated rings. The molecule has 0 unspecified atom stereocenters. The molecular formula is C13H14FN3O3S. The van der Waals surface area contributed by atoms with E-state index in [1.807, 2.05) is 4.83 Å². The Labute approximate surface area is 121 Å². The zero-order chi connectivity index (χ0) is 15.6. The second-order valence-corrected chi connectivity index (χ2v) is 6.35. The van der Waals surface area contributed by atoms with Crippen LogP contribution < -0.4 is 10.3 Å². The number of fused-ring (bicyclic) bond motifs is 1. The summed E-state index contributed by atoms with van der Waals surface area (Å²) in [7, 11) is -4.02. The third-order valence-electron chi connectivity index (χ3n) is 2.80. The summed E-state index contributed by atoms with van der Waals surface area (Å²) in [6.45, 7) is 3.25. The third-order valence-corrected chi connectivity index (χ3v) is 4.11. The molecular weight excluding hydrogens is 297 g/mol. The molecule has 0 saturated heterocycles. The van der Waals surface area contributed by atoms with Gasteiger partial charge in [-0.1, -0.05) is 13.8 Å². The number of hydrazine groups is 1. The van der Waals surface area contributed by atoms with E-state index >= 15 is 0 Å². The predicted octanol–water partition coefficient (Wildman–Crippen LogP) is 1.34. The Kier molecular flexibility index (Phi) is 4.19. The number of sulfonamides is 1. The highest BCUT2D eigenvalue weighted by molar-refractivity contribution is 7.89. The van der Waals surface area contributed by atoms with E-state index in [2.05, 4.69) is 10.4 Å². The molecule has 0 aliphatic rings. The molecule has 6 nitrogen and oxygen atoms in total. The van der Waals surface area contributed by atoms with Gasteiger partial charge < -0.3 is 0 Å². The Morgan fingerprint density at radius 3 is 2.67 bits per heavy atom. The van der Waals surface area contributed by atoms with Gasteiger partial charge in [-0.2, -0.15) is 0 Å². The van der Waals surface area contributed by atoms with Crippen molar-refractivity contribution in [2.24, 2.45) is 5.92 Å². The highest BCUT2D eigenvalue weighted by Gasteiger charge is 2.20. The van der Waals surface area contributed by atoms with Gasteiger partial charge >= 0.3 is 0 Å². The van der Waals surface area contributed by atoms with Crippen molar-refractivity contribution >= 4 is 26.8 Å². The van der Waals surface area contributed by atoms with Crippen molar-refractivity contribution in [3.05, 3.63) is 36.3 Å². The first kappa shape index (κ1) is 15.3. The van der Waals surface area contributed by atoms with E-state index in [0.717, 1.165) is 12.1 Å². The molecule has 112 valence electrons. The molecule has 2 rings (SSSR count). The smallest absolute Gasteiger partial charge is 0.258 e. The number of carbonyl (C=O) groups is 1. The molecule has 1 heterocycles. The molecule has 0 bridgehead atoms. The average molecular weight is 311 g/mol. The van der Waals surface area contributed by atoms with E-state index in [4.69, 9.17) is 0 Å². The van der Waals surface area contributed by atoms with Crippen molar-refractivity contribution in [2.45, 2.75) is 18.7 Å². The number of hydrogen-bond acceptors (Lipinski definition) is 4. The first-order valence-corrected chi connectivity index (χ1v) is 7.66. The zero-order valence-electron chi connectivity index (χ0n) is 11.4. The van der Waals surface area contributed by atoms with Crippen molar-refractivity contribution in [1.82, 2.24) is 15.2 Å². The molecule has 0 aliphatic heterocycles. The predicted molar refractivity (Wildman–Crippen MR) is 75.0 cm³/mol. The summed E-state index contributed by atoms with van der Waals surface area (Å²) in [4.78, 5) is 17.1. The fraction of sp³-hybridized carbons (Fsp3) is 0.231. The van der Waals surface area contributed by atoms with Crippen molar-refractivity contribution < 1.29 is 17.6 Å². The van der Waals surface area contributed by atoms with Crippen molar-refractivity contribution in [1.29, 1.82) is 0 Å². The lowest BCUT2D eigenvalue weighted by molar-refractivity contribution is -0.124. The van der Waals surface area contributed by atoms with E-state index in [-0.39, 0.29) is 21.7 Å². The van der Waals surface area contributed by atoms with Crippen LogP contribution in [0, 0.1) is 11.7 Å². The quantitative estimate of drug-likeness (QED) is 0.834. The Morgan fingerprint density at radius 1 is 1.29 bits per heavy atom. The fourth-order valence-electron chi connectivity index (χ4n) is 1.66. The minimum Gasteiger partial charge on any atom is -0.277 e. The second kappa shape index (κ2) is 5.74. The van der Waals surface area contributed by atoms with E-state index in [1.165, 1.54) is 18.3 Å². The van der Waals surface area contributed by atoms with Gasteiger partial charge in [0.25, 0.3) is 10.0 Å². The molecule has 1 aromatic carbocycles. The summed E-state index contributed by atoms with van der Waals surface area (Å²) in [6.07, 6.45) is 1.37. The van der Waals surface area contributed by atoms with Crippen LogP contribution in [0.15, 0.2) is 35.4 Å². The minimum absolute atomic E-state index is 0.0458. The maximum atomic E-state index is 13.6.